The van der Waals surface area contributed by atoms with Gasteiger partial charge in [0, 0.05) is 30.5 Å². The van der Waals surface area contributed by atoms with Gasteiger partial charge < -0.3 is 15.4 Å². The van der Waals surface area contributed by atoms with E-state index in [0.29, 0.717) is 6.04 Å². The molecule has 1 fully saturated rings. The van der Waals surface area contributed by atoms with E-state index < -0.39 is 0 Å². The van der Waals surface area contributed by atoms with E-state index >= 15 is 0 Å². The summed E-state index contributed by atoms with van der Waals surface area (Å²) in [6.07, 6.45) is 6.83. The fourth-order valence-corrected chi connectivity index (χ4v) is 3.37. The fraction of sp³-hybridized carbons (Fsp3) is 0.941. The third kappa shape index (κ3) is 9.39. The number of ether oxygens (including phenoxy) is 1. The van der Waals surface area contributed by atoms with Crippen LogP contribution in [0.25, 0.3) is 0 Å². The lowest BCUT2D eigenvalue weighted by molar-refractivity contribution is 0.0794. The van der Waals surface area contributed by atoms with Crippen molar-refractivity contribution in [3.05, 3.63) is 0 Å². The summed E-state index contributed by atoms with van der Waals surface area (Å²) in [7, 11) is 0. The Morgan fingerprint density at radius 3 is 2.39 bits per heavy atom. The summed E-state index contributed by atoms with van der Waals surface area (Å²) >= 11 is 1.94. The Morgan fingerprint density at radius 1 is 1.22 bits per heavy atom. The van der Waals surface area contributed by atoms with Gasteiger partial charge >= 0.3 is 0 Å². The molecular formula is C17H36IN3OS. The summed E-state index contributed by atoms with van der Waals surface area (Å²) < 4.78 is 5.76. The van der Waals surface area contributed by atoms with Gasteiger partial charge in [-0.05, 0) is 51.7 Å². The molecule has 1 unspecified atom stereocenters. The van der Waals surface area contributed by atoms with Crippen LogP contribution in [-0.2, 0) is 4.74 Å². The number of nitrogens with one attached hydrogen (secondary N) is 2. The van der Waals surface area contributed by atoms with Crippen molar-refractivity contribution in [3.63, 3.8) is 0 Å². The Labute approximate surface area is 164 Å². The summed E-state index contributed by atoms with van der Waals surface area (Å²) in [5, 5.41) is 6.93. The molecule has 0 radical (unpaired) electrons. The number of nitrogens with zero attached hydrogens (tertiary/aromatic N) is 1. The first kappa shape index (κ1) is 23.3. The maximum absolute atomic E-state index is 5.51. The molecule has 0 amide bonds. The summed E-state index contributed by atoms with van der Waals surface area (Å²) in [5.41, 5.74) is 0. The van der Waals surface area contributed by atoms with Crippen LogP contribution in [-0.4, -0.2) is 49.3 Å². The Bertz CT molecular complexity index is 334. The number of rotatable bonds is 8. The predicted molar refractivity (Wildman–Crippen MR) is 114 cm³/mol. The van der Waals surface area contributed by atoms with Crippen LogP contribution in [0.5, 0.6) is 0 Å². The lowest BCUT2D eigenvalue weighted by Gasteiger charge is -2.34. The van der Waals surface area contributed by atoms with Crippen molar-refractivity contribution in [2.75, 3.05) is 32.6 Å². The molecule has 0 saturated carbocycles. The van der Waals surface area contributed by atoms with Gasteiger partial charge in [-0.2, -0.15) is 11.8 Å². The highest BCUT2D eigenvalue weighted by molar-refractivity contribution is 14.0. The summed E-state index contributed by atoms with van der Waals surface area (Å²) in [6.45, 7) is 12.4. The highest BCUT2D eigenvalue weighted by Crippen LogP contribution is 2.33. The zero-order valence-electron chi connectivity index (χ0n) is 15.5. The van der Waals surface area contributed by atoms with Gasteiger partial charge in [-0.25, -0.2) is 0 Å². The molecule has 0 aliphatic carbocycles. The first-order chi connectivity index (χ1) is 10.5. The molecule has 138 valence electrons. The van der Waals surface area contributed by atoms with E-state index in [4.69, 9.17) is 9.73 Å². The number of hydrogen-bond acceptors (Lipinski definition) is 3. The predicted octanol–water partition coefficient (Wildman–Crippen LogP) is 3.90. The topological polar surface area (TPSA) is 45.7 Å². The molecule has 1 atom stereocenters. The first-order valence-corrected chi connectivity index (χ1v) is 9.91. The Kier molecular flexibility index (Phi) is 12.8. The highest BCUT2D eigenvalue weighted by Gasteiger charge is 2.31. The van der Waals surface area contributed by atoms with Crippen molar-refractivity contribution in [2.45, 2.75) is 64.2 Å². The average molecular weight is 457 g/mol. The number of guanidine groups is 1. The minimum absolute atomic E-state index is 0. The Morgan fingerprint density at radius 2 is 1.87 bits per heavy atom. The second-order valence-corrected chi connectivity index (χ2v) is 7.99. The van der Waals surface area contributed by atoms with Crippen molar-refractivity contribution >= 4 is 41.7 Å². The average Bonchev–Trinajstić information content (AvgIpc) is 2.52. The molecule has 0 bridgehead atoms. The van der Waals surface area contributed by atoms with Crippen molar-refractivity contribution in [1.82, 2.24) is 10.6 Å². The van der Waals surface area contributed by atoms with E-state index in [0.717, 1.165) is 51.0 Å². The smallest absolute Gasteiger partial charge is 0.191 e. The van der Waals surface area contributed by atoms with Crippen LogP contribution in [0, 0.1) is 5.92 Å². The Balaban J connectivity index is 0.00000484. The number of halogens is 1. The number of hydrogen-bond donors (Lipinski definition) is 2. The molecule has 0 spiro atoms. The third-order valence-corrected chi connectivity index (χ3v) is 5.67. The van der Waals surface area contributed by atoms with Gasteiger partial charge in [0.05, 0.1) is 6.54 Å². The van der Waals surface area contributed by atoms with Gasteiger partial charge in [0.25, 0.3) is 0 Å². The van der Waals surface area contributed by atoms with Gasteiger partial charge in [-0.1, -0.05) is 13.8 Å². The van der Waals surface area contributed by atoms with Crippen LogP contribution in [0.1, 0.15) is 53.4 Å². The summed E-state index contributed by atoms with van der Waals surface area (Å²) in [4.78, 5) is 4.87. The standard InChI is InChI=1S/C17H35N3OS.HI/c1-6-18-16(20-15(4)8-7-14(2)3)19-13-17(22-5)9-11-21-12-10-17;/h14-15H,6-13H2,1-5H3,(H2,18,19,20);1H. The molecule has 1 heterocycles. The van der Waals surface area contributed by atoms with Crippen LogP contribution >= 0.6 is 35.7 Å². The van der Waals surface area contributed by atoms with E-state index in [1.807, 2.05) is 11.8 Å². The SMILES string of the molecule is CCNC(=NCC1(SC)CCOCC1)NC(C)CCC(C)C.I. The maximum atomic E-state index is 5.51. The van der Waals surface area contributed by atoms with E-state index in [1.165, 1.54) is 12.8 Å². The molecule has 4 nitrogen and oxygen atoms in total. The zero-order chi connectivity index (χ0) is 16.4. The second kappa shape index (κ2) is 12.6. The molecule has 0 aromatic carbocycles. The first-order valence-electron chi connectivity index (χ1n) is 8.69. The molecule has 6 heteroatoms. The molecule has 1 rings (SSSR count). The Hall–Kier alpha value is 0.310. The van der Waals surface area contributed by atoms with E-state index in [2.05, 4.69) is 44.6 Å². The van der Waals surface area contributed by atoms with Crippen molar-refractivity contribution in [2.24, 2.45) is 10.9 Å². The molecular weight excluding hydrogens is 421 g/mol. The molecule has 0 aromatic heterocycles. The van der Waals surface area contributed by atoms with Crippen LogP contribution in [0.4, 0.5) is 0 Å². The quantitative estimate of drug-likeness (QED) is 0.330. The van der Waals surface area contributed by atoms with Gasteiger partial charge in [0.2, 0.25) is 0 Å². The van der Waals surface area contributed by atoms with Crippen molar-refractivity contribution in [3.8, 4) is 0 Å². The van der Waals surface area contributed by atoms with E-state index in [9.17, 15) is 0 Å². The highest BCUT2D eigenvalue weighted by atomic mass is 127. The largest absolute Gasteiger partial charge is 0.381 e. The minimum Gasteiger partial charge on any atom is -0.381 e. The van der Waals surface area contributed by atoms with E-state index in [-0.39, 0.29) is 28.7 Å². The van der Waals surface area contributed by atoms with Crippen molar-refractivity contribution in [1.29, 1.82) is 0 Å². The van der Waals surface area contributed by atoms with Gasteiger partial charge in [-0.15, -0.1) is 24.0 Å². The van der Waals surface area contributed by atoms with E-state index in [1.54, 1.807) is 0 Å². The zero-order valence-corrected chi connectivity index (χ0v) is 18.6. The normalized spacial score (nSPS) is 19.1. The lowest BCUT2D eigenvalue weighted by atomic mass is 9.99. The molecule has 23 heavy (non-hydrogen) atoms. The summed E-state index contributed by atoms with van der Waals surface area (Å²) in [6, 6.07) is 0.458. The third-order valence-electron chi connectivity index (χ3n) is 4.27. The van der Waals surface area contributed by atoms with Crippen molar-refractivity contribution < 1.29 is 4.74 Å². The molecule has 1 aliphatic rings. The maximum Gasteiger partial charge on any atom is 0.191 e. The molecule has 1 saturated heterocycles. The molecule has 2 N–H and O–H groups in total. The number of thioether (sulfide) groups is 1. The second-order valence-electron chi connectivity index (χ2n) is 6.71. The van der Waals surface area contributed by atoms with Crippen LogP contribution in [0.3, 0.4) is 0 Å². The lowest BCUT2D eigenvalue weighted by Crippen LogP contribution is -2.44. The molecule has 1 aliphatic heterocycles. The fourth-order valence-electron chi connectivity index (χ4n) is 2.60. The van der Waals surface area contributed by atoms with Gasteiger partial charge in [-0.3, -0.25) is 4.99 Å². The summed E-state index contributed by atoms with van der Waals surface area (Å²) in [5.74, 6) is 1.71. The minimum atomic E-state index is 0. The van der Waals surface area contributed by atoms with Crippen LogP contribution in [0.2, 0.25) is 0 Å². The van der Waals surface area contributed by atoms with Gasteiger partial charge in [0.15, 0.2) is 5.96 Å². The van der Waals surface area contributed by atoms with Crippen LogP contribution in [0.15, 0.2) is 4.99 Å². The van der Waals surface area contributed by atoms with Crippen LogP contribution < -0.4 is 10.6 Å². The number of aliphatic imine (C=N–C) groups is 1. The monoisotopic (exact) mass is 457 g/mol. The molecule has 0 aromatic rings. The van der Waals surface area contributed by atoms with Gasteiger partial charge in [0.1, 0.15) is 0 Å².